The molecule has 2 N–H and O–H groups in total. The molecule has 2 aromatic rings. The Kier molecular flexibility index (Phi) is 6.75. The van der Waals surface area contributed by atoms with Gasteiger partial charge in [-0.05, 0) is 29.6 Å². The summed E-state index contributed by atoms with van der Waals surface area (Å²) in [5.74, 6) is -0.416. The van der Waals surface area contributed by atoms with Gasteiger partial charge in [0.1, 0.15) is 0 Å². The van der Waals surface area contributed by atoms with Crippen molar-refractivity contribution in [2.75, 3.05) is 37.6 Å². The number of carbonyl (C=O) groups excluding carboxylic acids is 2. The van der Waals surface area contributed by atoms with Crippen molar-refractivity contribution in [1.29, 1.82) is 0 Å². The number of rotatable bonds is 5. The number of hydrogen-bond acceptors (Lipinski definition) is 5. The molecule has 1 aromatic carbocycles. The number of benzene rings is 1. The van der Waals surface area contributed by atoms with E-state index in [4.69, 9.17) is 0 Å². The molecule has 0 bridgehead atoms. The van der Waals surface area contributed by atoms with Crippen molar-refractivity contribution in [2.24, 2.45) is 0 Å². The van der Waals surface area contributed by atoms with E-state index in [-0.39, 0.29) is 6.54 Å². The van der Waals surface area contributed by atoms with Crippen LogP contribution in [0.1, 0.15) is 10.4 Å². The molecule has 3 amide bonds. The van der Waals surface area contributed by atoms with E-state index in [1.54, 1.807) is 6.07 Å². The zero-order valence-electron chi connectivity index (χ0n) is 15.5. The van der Waals surface area contributed by atoms with Crippen molar-refractivity contribution in [2.45, 2.75) is 12.7 Å². The molecular weight excluding hydrogens is 405 g/mol. The zero-order valence-corrected chi connectivity index (χ0v) is 16.4. The number of nitrogens with one attached hydrogen (secondary N) is 2. The number of halogens is 3. The summed E-state index contributed by atoms with van der Waals surface area (Å²) in [7, 11) is 0. The largest absolute Gasteiger partial charge is 0.416 e. The number of thiophene rings is 1. The summed E-state index contributed by atoms with van der Waals surface area (Å²) >= 11 is 1.51. The number of piperazine rings is 1. The molecule has 0 radical (unpaired) electrons. The number of nitrogens with zero attached hydrogens (tertiary/aromatic N) is 2. The summed E-state index contributed by atoms with van der Waals surface area (Å²) in [6, 6.07) is 8.45. The average Bonchev–Trinajstić information content (AvgIpc) is 3.20. The molecule has 1 aliphatic rings. The molecule has 1 fully saturated rings. The Hall–Kier alpha value is -2.59. The first-order valence-electron chi connectivity index (χ1n) is 9.06. The standard InChI is InChI=1S/C19H21F3N4O2S/c20-19(21,22)14-3-1-4-15(11-14)26-8-6-25(7-9-26)13-17(27)24-18(28)23-12-16-5-2-10-29-16/h1-5,10-11H,6-9,12-13H2,(H2,23,24,27,28). The predicted octanol–water partition coefficient (Wildman–Crippen LogP) is 2.91. The summed E-state index contributed by atoms with van der Waals surface area (Å²) in [5.41, 5.74) is -0.165. The summed E-state index contributed by atoms with van der Waals surface area (Å²) in [6.45, 7) is 2.44. The average molecular weight is 426 g/mol. The molecule has 156 valence electrons. The van der Waals surface area contributed by atoms with E-state index < -0.39 is 23.7 Å². The second kappa shape index (κ2) is 9.27. The Balaban J connectivity index is 1.42. The van der Waals surface area contributed by atoms with E-state index in [0.29, 0.717) is 38.4 Å². The minimum Gasteiger partial charge on any atom is -0.369 e. The van der Waals surface area contributed by atoms with Crippen molar-refractivity contribution in [3.8, 4) is 0 Å². The monoisotopic (exact) mass is 426 g/mol. The van der Waals surface area contributed by atoms with Crippen LogP contribution in [0.5, 0.6) is 0 Å². The maximum Gasteiger partial charge on any atom is 0.416 e. The number of amides is 3. The maximum absolute atomic E-state index is 12.9. The molecule has 0 aliphatic carbocycles. The molecule has 1 aromatic heterocycles. The SMILES string of the molecule is O=C(CN1CCN(c2cccc(C(F)(F)F)c2)CC1)NC(=O)NCc1cccs1. The van der Waals surface area contributed by atoms with E-state index in [2.05, 4.69) is 10.6 Å². The van der Waals surface area contributed by atoms with Crippen LogP contribution < -0.4 is 15.5 Å². The minimum atomic E-state index is -4.38. The minimum absolute atomic E-state index is 0.0584. The first-order chi connectivity index (χ1) is 13.8. The first kappa shape index (κ1) is 21.1. The van der Waals surface area contributed by atoms with Gasteiger partial charge in [-0.3, -0.25) is 15.0 Å². The van der Waals surface area contributed by atoms with Crippen molar-refractivity contribution in [3.05, 3.63) is 52.2 Å². The van der Waals surface area contributed by atoms with Gasteiger partial charge in [-0.25, -0.2) is 4.79 Å². The van der Waals surface area contributed by atoms with E-state index in [1.165, 1.54) is 17.4 Å². The molecule has 10 heteroatoms. The van der Waals surface area contributed by atoms with Crippen LogP contribution in [0.3, 0.4) is 0 Å². The predicted molar refractivity (Wildman–Crippen MR) is 105 cm³/mol. The molecule has 6 nitrogen and oxygen atoms in total. The van der Waals surface area contributed by atoms with Gasteiger partial charge < -0.3 is 10.2 Å². The van der Waals surface area contributed by atoms with Crippen LogP contribution in [0.15, 0.2) is 41.8 Å². The lowest BCUT2D eigenvalue weighted by atomic mass is 10.1. The summed E-state index contributed by atoms with van der Waals surface area (Å²) in [4.78, 5) is 28.5. The quantitative estimate of drug-likeness (QED) is 0.772. The maximum atomic E-state index is 12.9. The Morgan fingerprint density at radius 3 is 2.48 bits per heavy atom. The Morgan fingerprint density at radius 1 is 1.07 bits per heavy atom. The molecule has 0 unspecified atom stereocenters. The smallest absolute Gasteiger partial charge is 0.369 e. The van der Waals surface area contributed by atoms with Gasteiger partial charge in [-0.15, -0.1) is 11.3 Å². The highest BCUT2D eigenvalue weighted by molar-refractivity contribution is 7.09. The van der Waals surface area contributed by atoms with Crippen LogP contribution in [-0.2, 0) is 17.5 Å². The van der Waals surface area contributed by atoms with Crippen LogP contribution in [0, 0.1) is 0 Å². The summed E-state index contributed by atoms with van der Waals surface area (Å²) in [6.07, 6.45) is -4.38. The zero-order chi connectivity index (χ0) is 20.9. The summed E-state index contributed by atoms with van der Waals surface area (Å²) in [5, 5.41) is 6.81. The van der Waals surface area contributed by atoms with E-state index in [1.807, 2.05) is 27.3 Å². The topological polar surface area (TPSA) is 64.7 Å². The van der Waals surface area contributed by atoms with Crippen LogP contribution in [0.25, 0.3) is 0 Å². The second-order valence-electron chi connectivity index (χ2n) is 6.62. The van der Waals surface area contributed by atoms with Gasteiger partial charge >= 0.3 is 12.2 Å². The van der Waals surface area contributed by atoms with Gasteiger partial charge in [0, 0.05) is 36.7 Å². The molecule has 0 spiro atoms. The van der Waals surface area contributed by atoms with Gasteiger partial charge in [0.15, 0.2) is 0 Å². The third-order valence-corrected chi connectivity index (χ3v) is 5.41. The van der Waals surface area contributed by atoms with Crippen molar-refractivity contribution in [1.82, 2.24) is 15.5 Å². The molecule has 1 saturated heterocycles. The fourth-order valence-electron chi connectivity index (χ4n) is 3.04. The van der Waals surface area contributed by atoms with Gasteiger partial charge in [0.25, 0.3) is 0 Å². The van der Waals surface area contributed by atoms with Gasteiger partial charge in [-0.1, -0.05) is 12.1 Å². The number of hydrogen-bond donors (Lipinski definition) is 2. The van der Waals surface area contributed by atoms with E-state index in [0.717, 1.165) is 17.0 Å². The highest BCUT2D eigenvalue weighted by Crippen LogP contribution is 2.31. The lowest BCUT2D eigenvalue weighted by Crippen LogP contribution is -2.51. The van der Waals surface area contributed by atoms with Crippen LogP contribution in [-0.4, -0.2) is 49.6 Å². The van der Waals surface area contributed by atoms with Gasteiger partial charge in [-0.2, -0.15) is 13.2 Å². The summed E-state index contributed by atoms with van der Waals surface area (Å²) < 4.78 is 38.6. The lowest BCUT2D eigenvalue weighted by Gasteiger charge is -2.35. The van der Waals surface area contributed by atoms with Crippen molar-refractivity contribution < 1.29 is 22.8 Å². The highest BCUT2D eigenvalue weighted by Gasteiger charge is 2.31. The van der Waals surface area contributed by atoms with E-state index in [9.17, 15) is 22.8 Å². The molecule has 0 atom stereocenters. The van der Waals surface area contributed by atoms with E-state index >= 15 is 0 Å². The number of alkyl halides is 3. The molecule has 2 heterocycles. The van der Waals surface area contributed by atoms with Crippen LogP contribution in [0.2, 0.25) is 0 Å². The first-order valence-corrected chi connectivity index (χ1v) is 9.94. The number of anilines is 1. The van der Waals surface area contributed by atoms with Gasteiger partial charge in [0.2, 0.25) is 5.91 Å². The Labute approximate surface area is 170 Å². The molecular formula is C19H21F3N4O2S. The van der Waals surface area contributed by atoms with Crippen LogP contribution >= 0.6 is 11.3 Å². The lowest BCUT2D eigenvalue weighted by molar-refractivity contribution is -0.137. The number of imide groups is 1. The third-order valence-electron chi connectivity index (χ3n) is 4.53. The van der Waals surface area contributed by atoms with Crippen LogP contribution in [0.4, 0.5) is 23.7 Å². The molecule has 29 heavy (non-hydrogen) atoms. The number of urea groups is 1. The highest BCUT2D eigenvalue weighted by atomic mass is 32.1. The molecule has 0 saturated carbocycles. The third kappa shape index (κ3) is 6.20. The molecule has 3 rings (SSSR count). The normalized spacial score (nSPS) is 15.2. The van der Waals surface area contributed by atoms with Gasteiger partial charge in [0.05, 0.1) is 18.7 Å². The molecule has 1 aliphatic heterocycles. The second-order valence-corrected chi connectivity index (χ2v) is 7.65. The fourth-order valence-corrected chi connectivity index (χ4v) is 3.68. The fraction of sp³-hybridized carbons (Fsp3) is 0.368. The Morgan fingerprint density at radius 2 is 1.83 bits per heavy atom. The Bertz CT molecular complexity index is 834. The van der Waals surface area contributed by atoms with Crippen molar-refractivity contribution >= 4 is 29.0 Å². The number of carbonyl (C=O) groups is 2. The van der Waals surface area contributed by atoms with Crippen molar-refractivity contribution in [3.63, 3.8) is 0 Å².